The van der Waals surface area contributed by atoms with Crippen LogP contribution >= 0.6 is 0 Å². The van der Waals surface area contributed by atoms with Crippen molar-refractivity contribution in [2.45, 2.75) is 133 Å². The van der Waals surface area contributed by atoms with E-state index in [1.807, 2.05) is 0 Å². The monoisotopic (exact) mass is 562 g/mol. The molecule has 0 amide bonds. The first-order chi connectivity index (χ1) is 19.3. The normalized spacial score (nSPS) is 15.6. The van der Waals surface area contributed by atoms with E-state index >= 15 is 0 Å². The van der Waals surface area contributed by atoms with Crippen LogP contribution in [0.15, 0.2) is 30.3 Å². The SMILES string of the molecule is CCC.CCCC(CC1CC(=O)c2c(C)c(C)cc(C(C)C)c2C1)C(CC)C(=O)CC(C)=O.Cc1cccc(C)c1. The van der Waals surface area contributed by atoms with Crippen LogP contribution in [-0.2, 0) is 16.0 Å². The molecule has 41 heavy (non-hydrogen) atoms. The zero-order chi connectivity index (χ0) is 31.3. The molecule has 0 spiro atoms. The van der Waals surface area contributed by atoms with Gasteiger partial charge in [0.05, 0.1) is 6.42 Å². The second kappa shape index (κ2) is 18.1. The summed E-state index contributed by atoms with van der Waals surface area (Å²) >= 11 is 0. The van der Waals surface area contributed by atoms with Crippen molar-refractivity contribution in [1.29, 1.82) is 0 Å². The first-order valence-electron chi connectivity index (χ1n) is 16.0. The first-order valence-corrected chi connectivity index (χ1v) is 16.0. The number of carbonyl (C=O) groups excluding carboxylic acids is 3. The van der Waals surface area contributed by atoms with Gasteiger partial charge < -0.3 is 0 Å². The molecule has 2 aromatic rings. The average molecular weight is 563 g/mol. The molecule has 0 saturated carbocycles. The van der Waals surface area contributed by atoms with Gasteiger partial charge in [0.25, 0.3) is 0 Å². The van der Waals surface area contributed by atoms with Crippen molar-refractivity contribution in [3.63, 3.8) is 0 Å². The molecule has 0 N–H and O–H groups in total. The van der Waals surface area contributed by atoms with E-state index in [4.69, 9.17) is 0 Å². The van der Waals surface area contributed by atoms with Crippen LogP contribution in [0.4, 0.5) is 0 Å². The van der Waals surface area contributed by atoms with Crippen LogP contribution in [0.5, 0.6) is 0 Å². The molecule has 228 valence electrons. The van der Waals surface area contributed by atoms with Crippen molar-refractivity contribution >= 4 is 17.3 Å². The highest BCUT2D eigenvalue weighted by Gasteiger charge is 2.34. The molecule has 3 heteroatoms. The quantitative estimate of drug-likeness (QED) is 0.271. The molecule has 0 saturated heterocycles. The Labute approximate surface area is 251 Å². The maximum Gasteiger partial charge on any atom is 0.163 e. The molecule has 0 aromatic heterocycles. The van der Waals surface area contributed by atoms with E-state index < -0.39 is 0 Å². The van der Waals surface area contributed by atoms with Gasteiger partial charge in [-0.2, -0.15) is 0 Å². The third-order valence-electron chi connectivity index (χ3n) is 8.17. The van der Waals surface area contributed by atoms with Crippen molar-refractivity contribution in [2.24, 2.45) is 17.8 Å². The minimum atomic E-state index is -0.0744. The van der Waals surface area contributed by atoms with Gasteiger partial charge >= 0.3 is 0 Å². The maximum atomic E-state index is 13.2. The second-order valence-corrected chi connectivity index (χ2v) is 12.6. The molecule has 3 unspecified atom stereocenters. The van der Waals surface area contributed by atoms with Crippen molar-refractivity contribution < 1.29 is 14.4 Å². The average Bonchev–Trinajstić information content (AvgIpc) is 2.86. The van der Waals surface area contributed by atoms with Crippen LogP contribution < -0.4 is 0 Å². The van der Waals surface area contributed by atoms with Gasteiger partial charge in [0.2, 0.25) is 0 Å². The van der Waals surface area contributed by atoms with E-state index in [0.29, 0.717) is 12.3 Å². The predicted octanol–water partition coefficient (Wildman–Crippen LogP) is 10.3. The second-order valence-electron chi connectivity index (χ2n) is 12.6. The molecule has 0 aliphatic heterocycles. The summed E-state index contributed by atoms with van der Waals surface area (Å²) in [6.45, 7) is 22.7. The van der Waals surface area contributed by atoms with Crippen molar-refractivity contribution in [2.75, 3.05) is 0 Å². The summed E-state index contributed by atoms with van der Waals surface area (Å²) in [7, 11) is 0. The lowest BCUT2D eigenvalue weighted by Gasteiger charge is -2.33. The zero-order valence-corrected chi connectivity index (χ0v) is 28.1. The number of rotatable bonds is 10. The Balaban J connectivity index is 0.000000638. The van der Waals surface area contributed by atoms with Gasteiger partial charge in [0, 0.05) is 17.9 Å². The van der Waals surface area contributed by atoms with Gasteiger partial charge in [-0.05, 0) is 93.9 Å². The largest absolute Gasteiger partial charge is 0.300 e. The van der Waals surface area contributed by atoms with Crippen LogP contribution in [0.2, 0.25) is 0 Å². The highest BCUT2D eigenvalue weighted by atomic mass is 16.1. The summed E-state index contributed by atoms with van der Waals surface area (Å²) in [4.78, 5) is 37.5. The van der Waals surface area contributed by atoms with Gasteiger partial charge in [-0.1, -0.05) is 102 Å². The van der Waals surface area contributed by atoms with E-state index in [2.05, 4.69) is 99.6 Å². The van der Waals surface area contributed by atoms with Gasteiger partial charge in [0.1, 0.15) is 11.6 Å². The van der Waals surface area contributed by atoms with Gasteiger partial charge in [-0.25, -0.2) is 0 Å². The minimum absolute atomic E-state index is 0.0428. The highest BCUT2D eigenvalue weighted by molar-refractivity contribution is 6.01. The number of hydrogen-bond acceptors (Lipinski definition) is 3. The number of ketones is 3. The summed E-state index contributed by atoms with van der Waals surface area (Å²) in [6.07, 6.45) is 6.45. The Bertz CT molecular complexity index is 1120. The lowest BCUT2D eigenvalue weighted by molar-refractivity contribution is -0.129. The van der Waals surface area contributed by atoms with E-state index in [9.17, 15) is 14.4 Å². The molecule has 2 aromatic carbocycles. The number of hydrogen-bond donors (Lipinski definition) is 0. The lowest BCUT2D eigenvalue weighted by atomic mass is 9.70. The Morgan fingerprint density at radius 2 is 1.51 bits per heavy atom. The van der Waals surface area contributed by atoms with Crippen LogP contribution in [0.3, 0.4) is 0 Å². The predicted molar refractivity (Wildman–Crippen MR) is 175 cm³/mol. The topological polar surface area (TPSA) is 51.2 Å². The molecule has 1 aliphatic rings. The van der Waals surface area contributed by atoms with Crippen molar-refractivity contribution in [3.05, 3.63) is 69.3 Å². The van der Waals surface area contributed by atoms with Crippen molar-refractivity contribution in [3.8, 4) is 0 Å². The Morgan fingerprint density at radius 1 is 0.927 bits per heavy atom. The number of aryl methyl sites for hydroxylation is 3. The fourth-order valence-electron chi connectivity index (χ4n) is 6.29. The van der Waals surface area contributed by atoms with Crippen molar-refractivity contribution in [1.82, 2.24) is 0 Å². The third-order valence-corrected chi connectivity index (χ3v) is 8.17. The fourth-order valence-corrected chi connectivity index (χ4v) is 6.29. The van der Waals surface area contributed by atoms with Crippen LogP contribution in [0, 0.1) is 45.4 Å². The lowest BCUT2D eigenvalue weighted by Crippen LogP contribution is -2.30. The maximum absolute atomic E-state index is 13.2. The van der Waals surface area contributed by atoms with Crippen LogP contribution in [0.1, 0.15) is 143 Å². The zero-order valence-electron chi connectivity index (χ0n) is 28.1. The summed E-state index contributed by atoms with van der Waals surface area (Å²) < 4.78 is 0. The van der Waals surface area contributed by atoms with E-state index in [1.54, 1.807) is 0 Å². The number of fused-ring (bicyclic) bond motifs is 1. The molecule has 0 radical (unpaired) electrons. The van der Waals surface area contributed by atoms with Crippen LogP contribution in [0.25, 0.3) is 0 Å². The number of carbonyl (C=O) groups is 3. The molecule has 1 aliphatic carbocycles. The Hall–Kier alpha value is -2.55. The Morgan fingerprint density at radius 3 is 1.95 bits per heavy atom. The summed E-state index contributed by atoms with van der Waals surface area (Å²) in [5, 5.41) is 0. The van der Waals surface area contributed by atoms with Gasteiger partial charge in [-0.15, -0.1) is 0 Å². The summed E-state index contributed by atoms with van der Waals surface area (Å²) in [5.74, 6) is 1.14. The Kier molecular flexibility index (Phi) is 16.1. The molecular formula is C38H58O3. The highest BCUT2D eigenvalue weighted by Crippen LogP contribution is 2.39. The fraction of sp³-hybridized carbons (Fsp3) is 0.605. The molecule has 3 rings (SSSR count). The smallest absolute Gasteiger partial charge is 0.163 e. The van der Waals surface area contributed by atoms with Crippen LogP contribution in [-0.4, -0.2) is 17.3 Å². The first kappa shape index (κ1) is 36.5. The van der Waals surface area contributed by atoms with E-state index in [1.165, 1.54) is 41.2 Å². The molecule has 0 fully saturated rings. The van der Waals surface area contributed by atoms with Gasteiger partial charge in [-0.3, -0.25) is 14.4 Å². The van der Waals surface area contributed by atoms with E-state index in [0.717, 1.165) is 43.2 Å². The number of benzene rings is 2. The molecule has 0 heterocycles. The molecule has 3 atom stereocenters. The summed E-state index contributed by atoms with van der Waals surface area (Å²) in [5.41, 5.74) is 8.52. The van der Waals surface area contributed by atoms with Gasteiger partial charge in [0.15, 0.2) is 5.78 Å². The third kappa shape index (κ3) is 11.3. The standard InChI is InChI=1S/C27H40O3.C8H10.C3H8/c1-8-10-21(22(9-2)25(29)12-18(6)28)13-20-14-24-23(16(3)4)11-17(5)19(7)27(24)26(30)15-20;1-7-4-3-5-8(2)6-7;1-3-2/h11,16,20-22H,8-10,12-15H2,1-7H3;3-6H,1-2H3;3H2,1-2H3. The molecule has 3 nitrogen and oxygen atoms in total. The van der Waals surface area contributed by atoms with E-state index in [-0.39, 0.29) is 41.5 Å². The molecule has 0 bridgehead atoms. The minimum Gasteiger partial charge on any atom is -0.300 e. The molecular weight excluding hydrogens is 504 g/mol. The number of Topliss-reactive ketones (excluding diaryl/α,β-unsaturated/α-hetero) is 3. The summed E-state index contributed by atoms with van der Waals surface area (Å²) in [6, 6.07) is 10.7.